The summed E-state index contributed by atoms with van der Waals surface area (Å²) < 4.78 is 26.9. The molecule has 2 aromatic heterocycles. The van der Waals surface area contributed by atoms with Crippen LogP contribution in [0.3, 0.4) is 0 Å². The zero-order chi connectivity index (χ0) is 27.2. The molecule has 0 bridgehead atoms. The van der Waals surface area contributed by atoms with Crippen LogP contribution in [0.15, 0.2) is 52.8 Å². The van der Waals surface area contributed by atoms with E-state index in [1.807, 2.05) is 19.1 Å². The summed E-state index contributed by atoms with van der Waals surface area (Å²) in [6, 6.07) is 8.84. The van der Waals surface area contributed by atoms with Crippen LogP contribution in [-0.4, -0.2) is 49.9 Å². The van der Waals surface area contributed by atoms with Crippen molar-refractivity contribution in [2.75, 3.05) is 27.9 Å². The van der Waals surface area contributed by atoms with Crippen molar-refractivity contribution < 1.29 is 38.1 Å². The molecule has 0 unspecified atom stereocenters. The van der Waals surface area contributed by atoms with Crippen molar-refractivity contribution in [3.05, 3.63) is 70.8 Å². The number of allylic oxidation sites excluding steroid dienone is 2. The van der Waals surface area contributed by atoms with E-state index in [9.17, 15) is 9.59 Å². The Bertz CT molecular complexity index is 1380. The molecule has 0 aliphatic heterocycles. The second kappa shape index (κ2) is 11.5. The van der Waals surface area contributed by atoms with E-state index in [1.165, 1.54) is 14.2 Å². The summed E-state index contributed by atoms with van der Waals surface area (Å²) in [6.45, 7) is 1.71. The van der Waals surface area contributed by atoms with Gasteiger partial charge in [0.25, 0.3) is 0 Å². The number of furan rings is 1. The number of hydrogen-bond acceptors (Lipinski definition) is 8. The molecule has 0 saturated heterocycles. The fraction of sp³-hybridized carbons (Fsp3) is 0.250. The molecule has 198 valence electrons. The first-order chi connectivity index (χ1) is 18.3. The summed E-state index contributed by atoms with van der Waals surface area (Å²) in [6.07, 6.45) is 5.36. The topological polar surface area (TPSA) is 129 Å². The third-order valence-corrected chi connectivity index (χ3v) is 6.07. The molecule has 38 heavy (non-hydrogen) atoms. The highest BCUT2D eigenvalue weighted by Gasteiger charge is 2.27. The standard InChI is InChI=1S/C28H28N2O8/c1-16-19(8-17-9-23(34-2)28(24(10-17)35-3)38-15-27(32)33)22-14-30-26(36-4)12-21(22)20(16)11-25(31)29-13-18-6-5-7-37-18/h5-10,12,14H,11,13,15H2,1-4H3,(H,29,31)(H,32,33)/b19-8-. The fourth-order valence-corrected chi connectivity index (χ4v) is 4.24. The molecule has 2 N–H and O–H groups in total. The van der Waals surface area contributed by atoms with E-state index in [-0.39, 0.29) is 18.1 Å². The molecule has 0 spiro atoms. The first-order valence-corrected chi connectivity index (χ1v) is 11.7. The normalized spacial score (nSPS) is 13.3. The van der Waals surface area contributed by atoms with Gasteiger partial charge >= 0.3 is 5.97 Å². The Morgan fingerprint density at radius 1 is 1.08 bits per heavy atom. The SMILES string of the molecule is COc1cc2c(cn1)/C(=C\c1cc(OC)c(OCC(=O)O)c(OC)c1)C(C)=C2CC(=O)NCc1ccco1. The third-order valence-electron chi connectivity index (χ3n) is 6.07. The van der Waals surface area contributed by atoms with Crippen LogP contribution in [0.4, 0.5) is 0 Å². The van der Waals surface area contributed by atoms with Gasteiger partial charge < -0.3 is 33.8 Å². The van der Waals surface area contributed by atoms with Crippen molar-refractivity contribution >= 4 is 29.1 Å². The maximum Gasteiger partial charge on any atom is 0.341 e. The summed E-state index contributed by atoms with van der Waals surface area (Å²) in [5.41, 5.74) is 5.06. The van der Waals surface area contributed by atoms with Gasteiger partial charge in [-0.2, -0.15) is 0 Å². The first-order valence-electron chi connectivity index (χ1n) is 11.7. The van der Waals surface area contributed by atoms with Gasteiger partial charge in [0.1, 0.15) is 5.76 Å². The number of nitrogens with one attached hydrogen (secondary N) is 1. The van der Waals surface area contributed by atoms with Crippen molar-refractivity contribution in [2.24, 2.45) is 0 Å². The number of nitrogens with zero attached hydrogens (tertiary/aromatic N) is 1. The lowest BCUT2D eigenvalue weighted by atomic mass is 10.0. The summed E-state index contributed by atoms with van der Waals surface area (Å²) in [4.78, 5) is 28.2. The Hall–Kier alpha value is -4.73. The van der Waals surface area contributed by atoms with Crippen molar-refractivity contribution in [2.45, 2.75) is 19.9 Å². The van der Waals surface area contributed by atoms with E-state index in [2.05, 4.69) is 10.3 Å². The maximum atomic E-state index is 12.8. The number of aliphatic carboxylic acids is 1. The van der Waals surface area contributed by atoms with E-state index in [0.717, 1.165) is 33.4 Å². The molecule has 10 nitrogen and oxygen atoms in total. The average molecular weight is 521 g/mol. The second-order valence-corrected chi connectivity index (χ2v) is 8.40. The monoisotopic (exact) mass is 520 g/mol. The summed E-state index contributed by atoms with van der Waals surface area (Å²) in [5, 5.41) is 11.9. The minimum atomic E-state index is -1.12. The Kier molecular flexibility index (Phi) is 8.00. The molecule has 1 amide bonds. The molecule has 4 rings (SSSR count). The van der Waals surface area contributed by atoms with Crippen LogP contribution in [0.25, 0.3) is 17.2 Å². The highest BCUT2D eigenvalue weighted by Crippen LogP contribution is 2.45. The number of benzene rings is 1. The number of carbonyl (C=O) groups excluding carboxylic acids is 1. The van der Waals surface area contributed by atoms with Gasteiger partial charge in [0.2, 0.25) is 17.5 Å². The number of carbonyl (C=O) groups is 2. The number of carboxylic acid groups (broad SMARTS) is 1. The lowest BCUT2D eigenvalue weighted by Crippen LogP contribution is -2.22. The maximum absolute atomic E-state index is 12.8. The number of pyridine rings is 1. The zero-order valence-electron chi connectivity index (χ0n) is 21.5. The van der Waals surface area contributed by atoms with Gasteiger partial charge in [-0.05, 0) is 65.1 Å². The molecule has 10 heteroatoms. The lowest BCUT2D eigenvalue weighted by molar-refractivity contribution is -0.139. The Balaban J connectivity index is 1.71. The van der Waals surface area contributed by atoms with Gasteiger partial charge in [0.05, 0.1) is 40.6 Å². The predicted molar refractivity (Wildman–Crippen MR) is 139 cm³/mol. The molecule has 0 saturated carbocycles. The number of rotatable bonds is 11. The molecule has 2 heterocycles. The van der Waals surface area contributed by atoms with E-state index in [4.69, 9.17) is 28.5 Å². The van der Waals surface area contributed by atoms with E-state index in [1.54, 1.807) is 43.8 Å². The molecule has 1 aromatic carbocycles. The van der Waals surface area contributed by atoms with Crippen LogP contribution in [-0.2, 0) is 16.1 Å². The summed E-state index contributed by atoms with van der Waals surface area (Å²) in [7, 11) is 4.47. The van der Waals surface area contributed by atoms with E-state index >= 15 is 0 Å². The number of methoxy groups -OCH3 is 3. The van der Waals surface area contributed by atoms with Crippen LogP contribution in [0.2, 0.25) is 0 Å². The van der Waals surface area contributed by atoms with Crippen molar-refractivity contribution in [3.8, 4) is 23.1 Å². The van der Waals surface area contributed by atoms with Crippen LogP contribution >= 0.6 is 0 Å². The largest absolute Gasteiger partial charge is 0.493 e. The summed E-state index contributed by atoms with van der Waals surface area (Å²) in [5.74, 6) is 0.675. The van der Waals surface area contributed by atoms with Gasteiger partial charge in [-0.15, -0.1) is 0 Å². The molecular weight excluding hydrogens is 492 g/mol. The quantitative estimate of drug-likeness (QED) is 0.382. The van der Waals surface area contributed by atoms with Gasteiger partial charge in [-0.1, -0.05) is 0 Å². The number of carboxylic acids is 1. The number of hydrogen-bond donors (Lipinski definition) is 2. The molecule has 0 fully saturated rings. The summed E-state index contributed by atoms with van der Waals surface area (Å²) >= 11 is 0. The molecule has 0 atom stereocenters. The highest BCUT2D eigenvalue weighted by molar-refractivity contribution is 6.08. The second-order valence-electron chi connectivity index (χ2n) is 8.40. The fourth-order valence-electron chi connectivity index (χ4n) is 4.24. The van der Waals surface area contributed by atoms with Gasteiger partial charge in [-0.25, -0.2) is 9.78 Å². The number of amides is 1. The first kappa shape index (κ1) is 26.3. The minimum Gasteiger partial charge on any atom is -0.493 e. The molecular formula is C28H28N2O8. The predicted octanol–water partition coefficient (Wildman–Crippen LogP) is 4.20. The van der Waals surface area contributed by atoms with Crippen LogP contribution in [0, 0.1) is 0 Å². The number of ether oxygens (including phenoxy) is 4. The number of fused-ring (bicyclic) bond motifs is 1. The molecule has 0 radical (unpaired) electrons. The van der Waals surface area contributed by atoms with E-state index in [0.29, 0.717) is 29.7 Å². The van der Waals surface area contributed by atoms with E-state index < -0.39 is 12.6 Å². The third kappa shape index (κ3) is 5.64. The van der Waals surface area contributed by atoms with Crippen molar-refractivity contribution in [1.82, 2.24) is 10.3 Å². The van der Waals surface area contributed by atoms with Crippen LogP contribution in [0.1, 0.15) is 35.8 Å². The Morgan fingerprint density at radius 3 is 2.42 bits per heavy atom. The average Bonchev–Trinajstić information content (AvgIpc) is 3.53. The smallest absolute Gasteiger partial charge is 0.341 e. The van der Waals surface area contributed by atoms with Crippen molar-refractivity contribution in [1.29, 1.82) is 0 Å². The Morgan fingerprint density at radius 2 is 1.82 bits per heavy atom. The van der Waals surface area contributed by atoms with Gasteiger partial charge in [-0.3, -0.25) is 4.79 Å². The van der Waals surface area contributed by atoms with Crippen LogP contribution < -0.4 is 24.3 Å². The molecule has 3 aromatic rings. The zero-order valence-corrected chi connectivity index (χ0v) is 21.5. The van der Waals surface area contributed by atoms with Gasteiger partial charge in [0, 0.05) is 17.8 Å². The Labute approximate surface area is 219 Å². The molecule has 1 aliphatic carbocycles. The lowest BCUT2D eigenvalue weighted by Gasteiger charge is -2.15. The van der Waals surface area contributed by atoms with Crippen LogP contribution in [0.5, 0.6) is 23.1 Å². The number of aromatic nitrogens is 1. The van der Waals surface area contributed by atoms with Gasteiger partial charge in [0.15, 0.2) is 18.1 Å². The molecule has 1 aliphatic rings. The highest BCUT2D eigenvalue weighted by atomic mass is 16.5. The van der Waals surface area contributed by atoms with Crippen molar-refractivity contribution in [3.63, 3.8) is 0 Å². The minimum absolute atomic E-state index is 0.151.